The SMILES string of the molecule is Cc1csc(Nc2ccc(N)c(C)c2)n1. The fraction of sp³-hybridized carbons (Fsp3) is 0.182. The number of nitrogen functional groups attached to an aromatic ring is 1. The Balaban J connectivity index is 2.21. The molecule has 2 aromatic rings. The molecule has 3 nitrogen and oxygen atoms in total. The summed E-state index contributed by atoms with van der Waals surface area (Å²) in [4.78, 5) is 4.33. The third-order valence-corrected chi connectivity index (χ3v) is 3.02. The lowest BCUT2D eigenvalue weighted by Crippen LogP contribution is -1.93. The molecular weight excluding hydrogens is 206 g/mol. The molecule has 0 unspecified atom stereocenters. The van der Waals surface area contributed by atoms with E-state index in [4.69, 9.17) is 5.73 Å². The minimum absolute atomic E-state index is 0.816. The van der Waals surface area contributed by atoms with Crippen LogP contribution in [-0.2, 0) is 0 Å². The average molecular weight is 219 g/mol. The van der Waals surface area contributed by atoms with Crippen LogP contribution in [0.1, 0.15) is 11.3 Å². The number of hydrogen-bond acceptors (Lipinski definition) is 4. The van der Waals surface area contributed by atoms with Crippen LogP contribution in [0.4, 0.5) is 16.5 Å². The summed E-state index contributed by atoms with van der Waals surface area (Å²) in [6, 6.07) is 5.88. The van der Waals surface area contributed by atoms with E-state index in [2.05, 4.69) is 10.3 Å². The molecule has 1 aromatic carbocycles. The second kappa shape index (κ2) is 3.90. The molecule has 0 saturated carbocycles. The highest BCUT2D eigenvalue weighted by molar-refractivity contribution is 7.13. The summed E-state index contributed by atoms with van der Waals surface area (Å²) in [5, 5.41) is 6.18. The number of aromatic nitrogens is 1. The summed E-state index contributed by atoms with van der Waals surface area (Å²) in [5.41, 5.74) is 9.70. The van der Waals surface area contributed by atoms with Crippen molar-refractivity contribution in [1.82, 2.24) is 4.98 Å². The molecule has 15 heavy (non-hydrogen) atoms. The van der Waals surface area contributed by atoms with E-state index in [0.717, 1.165) is 27.8 Å². The number of hydrogen-bond donors (Lipinski definition) is 2. The molecule has 0 fully saturated rings. The second-order valence-electron chi connectivity index (χ2n) is 3.49. The molecule has 0 radical (unpaired) electrons. The van der Waals surface area contributed by atoms with Crippen LogP contribution >= 0.6 is 11.3 Å². The third kappa shape index (κ3) is 2.27. The predicted octanol–water partition coefficient (Wildman–Crippen LogP) is 3.09. The Morgan fingerprint density at radius 3 is 2.73 bits per heavy atom. The molecular formula is C11H13N3S. The van der Waals surface area contributed by atoms with Crippen molar-refractivity contribution in [2.45, 2.75) is 13.8 Å². The fourth-order valence-corrected chi connectivity index (χ4v) is 2.00. The summed E-state index contributed by atoms with van der Waals surface area (Å²) >= 11 is 1.60. The molecule has 78 valence electrons. The summed E-state index contributed by atoms with van der Waals surface area (Å²) in [6.45, 7) is 3.98. The van der Waals surface area contributed by atoms with Crippen LogP contribution in [0.5, 0.6) is 0 Å². The maximum atomic E-state index is 5.75. The summed E-state index contributed by atoms with van der Waals surface area (Å²) < 4.78 is 0. The molecule has 2 rings (SSSR count). The zero-order valence-electron chi connectivity index (χ0n) is 8.74. The standard InChI is InChI=1S/C11H13N3S/c1-7-5-9(3-4-10(7)12)14-11-13-8(2)6-15-11/h3-6H,12H2,1-2H3,(H,13,14). The van der Waals surface area contributed by atoms with Gasteiger partial charge in [0, 0.05) is 16.8 Å². The number of nitrogens with zero attached hydrogens (tertiary/aromatic N) is 1. The van der Waals surface area contributed by atoms with E-state index in [1.165, 1.54) is 0 Å². The molecule has 0 spiro atoms. The molecule has 0 aliphatic carbocycles. The van der Waals surface area contributed by atoms with Crippen molar-refractivity contribution >= 4 is 27.8 Å². The molecule has 3 N–H and O–H groups in total. The second-order valence-corrected chi connectivity index (χ2v) is 4.35. The maximum absolute atomic E-state index is 5.75. The minimum atomic E-state index is 0.816. The molecule has 0 aliphatic heterocycles. The predicted molar refractivity (Wildman–Crippen MR) is 65.7 cm³/mol. The van der Waals surface area contributed by atoms with Crippen molar-refractivity contribution in [3.63, 3.8) is 0 Å². The largest absolute Gasteiger partial charge is 0.399 e. The smallest absolute Gasteiger partial charge is 0.187 e. The van der Waals surface area contributed by atoms with Crippen molar-refractivity contribution in [2.24, 2.45) is 0 Å². The van der Waals surface area contributed by atoms with Gasteiger partial charge in [0.2, 0.25) is 0 Å². The highest BCUT2D eigenvalue weighted by Gasteiger charge is 2.00. The maximum Gasteiger partial charge on any atom is 0.187 e. The summed E-state index contributed by atoms with van der Waals surface area (Å²) in [6.07, 6.45) is 0. The van der Waals surface area contributed by atoms with Crippen LogP contribution in [0.25, 0.3) is 0 Å². The number of benzene rings is 1. The monoisotopic (exact) mass is 219 g/mol. The molecule has 1 aromatic heterocycles. The highest BCUT2D eigenvalue weighted by Crippen LogP contribution is 2.23. The van der Waals surface area contributed by atoms with E-state index in [0.29, 0.717) is 0 Å². The Hall–Kier alpha value is -1.55. The average Bonchev–Trinajstić information content (AvgIpc) is 2.58. The van der Waals surface area contributed by atoms with Crippen LogP contribution in [-0.4, -0.2) is 4.98 Å². The molecule has 0 saturated heterocycles. The van der Waals surface area contributed by atoms with Crippen molar-refractivity contribution in [1.29, 1.82) is 0 Å². The van der Waals surface area contributed by atoms with Gasteiger partial charge in [-0.3, -0.25) is 0 Å². The van der Waals surface area contributed by atoms with Crippen molar-refractivity contribution in [2.75, 3.05) is 11.1 Å². The molecule has 0 amide bonds. The Bertz CT molecular complexity index is 476. The van der Waals surface area contributed by atoms with Gasteiger partial charge in [0.15, 0.2) is 5.13 Å². The Kier molecular flexibility index (Phi) is 2.60. The molecule has 0 bridgehead atoms. The molecule has 4 heteroatoms. The molecule has 1 heterocycles. The van der Waals surface area contributed by atoms with Crippen molar-refractivity contribution in [3.05, 3.63) is 34.8 Å². The van der Waals surface area contributed by atoms with Gasteiger partial charge < -0.3 is 11.1 Å². The van der Waals surface area contributed by atoms with Crippen LogP contribution in [0.3, 0.4) is 0 Å². The van der Waals surface area contributed by atoms with Crippen LogP contribution in [0.15, 0.2) is 23.6 Å². The van der Waals surface area contributed by atoms with E-state index in [9.17, 15) is 0 Å². The minimum Gasteiger partial charge on any atom is -0.399 e. The number of rotatable bonds is 2. The van der Waals surface area contributed by atoms with Crippen molar-refractivity contribution in [3.8, 4) is 0 Å². The van der Waals surface area contributed by atoms with E-state index in [-0.39, 0.29) is 0 Å². The Morgan fingerprint density at radius 1 is 1.33 bits per heavy atom. The van der Waals surface area contributed by atoms with Gasteiger partial charge in [-0.15, -0.1) is 11.3 Å². The third-order valence-electron chi connectivity index (χ3n) is 2.14. The Labute approximate surface area is 93.0 Å². The first kappa shape index (κ1) is 9.98. The van der Waals surface area contributed by atoms with Crippen LogP contribution in [0.2, 0.25) is 0 Å². The normalized spacial score (nSPS) is 10.3. The van der Waals surface area contributed by atoms with Gasteiger partial charge in [0.05, 0.1) is 5.69 Å². The van der Waals surface area contributed by atoms with Crippen LogP contribution in [0, 0.1) is 13.8 Å². The highest BCUT2D eigenvalue weighted by atomic mass is 32.1. The van der Waals surface area contributed by atoms with Gasteiger partial charge >= 0.3 is 0 Å². The van der Waals surface area contributed by atoms with Gasteiger partial charge in [-0.2, -0.15) is 0 Å². The zero-order chi connectivity index (χ0) is 10.8. The lowest BCUT2D eigenvalue weighted by Gasteiger charge is -2.05. The topological polar surface area (TPSA) is 50.9 Å². The van der Waals surface area contributed by atoms with Crippen LogP contribution < -0.4 is 11.1 Å². The first-order chi connectivity index (χ1) is 7.15. The summed E-state index contributed by atoms with van der Waals surface area (Å²) in [5.74, 6) is 0. The van der Waals surface area contributed by atoms with Crippen molar-refractivity contribution < 1.29 is 0 Å². The Morgan fingerprint density at radius 2 is 2.13 bits per heavy atom. The lowest BCUT2D eigenvalue weighted by molar-refractivity contribution is 1.26. The van der Waals surface area contributed by atoms with E-state index >= 15 is 0 Å². The fourth-order valence-electron chi connectivity index (χ4n) is 1.29. The van der Waals surface area contributed by atoms with Gasteiger partial charge in [0.25, 0.3) is 0 Å². The number of aryl methyl sites for hydroxylation is 2. The number of anilines is 3. The first-order valence-electron chi connectivity index (χ1n) is 4.70. The quantitative estimate of drug-likeness (QED) is 0.763. The lowest BCUT2D eigenvalue weighted by atomic mass is 10.2. The van der Waals surface area contributed by atoms with E-state index in [1.54, 1.807) is 11.3 Å². The summed E-state index contributed by atoms with van der Waals surface area (Å²) in [7, 11) is 0. The number of nitrogens with one attached hydrogen (secondary N) is 1. The van der Waals surface area contributed by atoms with Gasteiger partial charge in [0.1, 0.15) is 0 Å². The van der Waals surface area contributed by atoms with Gasteiger partial charge in [-0.1, -0.05) is 0 Å². The first-order valence-corrected chi connectivity index (χ1v) is 5.58. The van der Waals surface area contributed by atoms with Gasteiger partial charge in [-0.05, 0) is 37.6 Å². The van der Waals surface area contributed by atoms with E-state index < -0.39 is 0 Å². The molecule has 0 aliphatic rings. The molecule has 0 atom stereocenters. The zero-order valence-corrected chi connectivity index (χ0v) is 9.56. The number of thiazole rings is 1. The van der Waals surface area contributed by atoms with E-state index in [1.807, 2.05) is 37.4 Å². The van der Waals surface area contributed by atoms with Gasteiger partial charge in [-0.25, -0.2) is 4.98 Å². The number of nitrogens with two attached hydrogens (primary N) is 1.